The van der Waals surface area contributed by atoms with Crippen LogP contribution in [0.25, 0.3) is 0 Å². The predicted octanol–water partition coefficient (Wildman–Crippen LogP) is 2.13. The number of carbonyl (C=O) groups excluding carboxylic acids is 1. The highest BCUT2D eigenvalue weighted by Crippen LogP contribution is 2.25. The van der Waals surface area contributed by atoms with Crippen molar-refractivity contribution in [2.75, 3.05) is 6.54 Å². The second-order valence-electron chi connectivity index (χ2n) is 4.77. The fraction of sp³-hybridized carbons (Fsp3) is 0.909. The molecule has 1 heterocycles. The fourth-order valence-corrected chi connectivity index (χ4v) is 2.07. The highest BCUT2D eigenvalue weighted by molar-refractivity contribution is 5.84. The molecule has 1 aliphatic heterocycles. The maximum Gasteiger partial charge on any atom is 0.406 e. The van der Waals surface area contributed by atoms with Gasteiger partial charge in [-0.3, -0.25) is 10.1 Å². The number of halogens is 3. The van der Waals surface area contributed by atoms with Crippen LogP contribution in [0.3, 0.4) is 0 Å². The van der Waals surface area contributed by atoms with Crippen LogP contribution >= 0.6 is 0 Å². The molecule has 1 saturated heterocycles. The van der Waals surface area contributed by atoms with Gasteiger partial charge in [0.1, 0.15) is 6.54 Å². The van der Waals surface area contributed by atoms with Gasteiger partial charge in [0.2, 0.25) is 5.91 Å². The van der Waals surface area contributed by atoms with Crippen molar-refractivity contribution in [1.29, 1.82) is 0 Å². The van der Waals surface area contributed by atoms with Crippen molar-refractivity contribution < 1.29 is 18.0 Å². The number of hydrogen-bond acceptors (Lipinski definition) is 2. The van der Waals surface area contributed by atoms with E-state index in [0.717, 1.165) is 11.3 Å². The van der Waals surface area contributed by atoms with Crippen molar-refractivity contribution in [3.05, 3.63) is 0 Å². The molecule has 1 rings (SSSR count). The number of carbonyl (C=O) groups is 1. The third-order valence-corrected chi connectivity index (χ3v) is 2.88. The first-order valence-electron chi connectivity index (χ1n) is 5.89. The third kappa shape index (κ3) is 3.59. The van der Waals surface area contributed by atoms with Gasteiger partial charge in [-0.15, -0.1) is 0 Å². The number of rotatable bonds is 4. The summed E-state index contributed by atoms with van der Waals surface area (Å²) in [7, 11) is 0. The Hall–Kier alpha value is -0.780. The van der Waals surface area contributed by atoms with Crippen LogP contribution in [0, 0.1) is 5.92 Å². The van der Waals surface area contributed by atoms with Gasteiger partial charge in [0.15, 0.2) is 0 Å². The number of hydrogen-bond donors (Lipinski definition) is 1. The molecule has 0 aromatic carbocycles. The second-order valence-corrected chi connectivity index (χ2v) is 4.77. The molecule has 0 aromatic rings. The highest BCUT2D eigenvalue weighted by Gasteiger charge is 2.44. The Labute approximate surface area is 99.4 Å². The molecule has 0 bridgehead atoms. The van der Waals surface area contributed by atoms with Crippen LogP contribution in [-0.4, -0.2) is 35.7 Å². The monoisotopic (exact) mass is 252 g/mol. The lowest BCUT2D eigenvalue weighted by Crippen LogP contribution is -2.43. The summed E-state index contributed by atoms with van der Waals surface area (Å²) in [5, 5.41) is 2.99. The SMILES string of the molecule is CCCC1NC(C(C)C)C(=O)N1CC(F)(F)F. The zero-order chi connectivity index (χ0) is 13.2. The molecule has 0 saturated carbocycles. The lowest BCUT2D eigenvalue weighted by atomic mass is 10.1. The Balaban J connectivity index is 2.79. The Kier molecular flexibility index (Phi) is 4.41. The molecule has 1 fully saturated rings. The molecule has 2 atom stereocenters. The molecule has 100 valence electrons. The van der Waals surface area contributed by atoms with Crippen LogP contribution in [0.1, 0.15) is 33.6 Å². The standard InChI is InChI=1S/C11H19F3N2O/c1-4-5-8-15-9(7(2)3)10(17)16(8)6-11(12,13)14/h7-9,15H,4-6H2,1-3H3. The minimum Gasteiger partial charge on any atom is -0.317 e. The maximum absolute atomic E-state index is 12.4. The van der Waals surface area contributed by atoms with Crippen molar-refractivity contribution in [2.45, 2.75) is 52.0 Å². The third-order valence-electron chi connectivity index (χ3n) is 2.88. The smallest absolute Gasteiger partial charge is 0.317 e. The van der Waals surface area contributed by atoms with Gasteiger partial charge in [-0.25, -0.2) is 0 Å². The maximum atomic E-state index is 12.4. The summed E-state index contributed by atoms with van der Waals surface area (Å²) in [6, 6.07) is -0.492. The van der Waals surface area contributed by atoms with Gasteiger partial charge in [0.25, 0.3) is 0 Å². The fourth-order valence-electron chi connectivity index (χ4n) is 2.07. The molecule has 17 heavy (non-hydrogen) atoms. The van der Waals surface area contributed by atoms with E-state index in [0.29, 0.717) is 6.42 Å². The molecule has 0 aromatic heterocycles. The van der Waals surface area contributed by atoms with Crippen LogP contribution < -0.4 is 5.32 Å². The minimum absolute atomic E-state index is 0.0000831. The molecule has 1 aliphatic rings. The van der Waals surface area contributed by atoms with Gasteiger partial charge in [-0.05, 0) is 12.3 Å². The summed E-state index contributed by atoms with van der Waals surface area (Å²) >= 11 is 0. The quantitative estimate of drug-likeness (QED) is 0.831. The summed E-state index contributed by atoms with van der Waals surface area (Å²) in [4.78, 5) is 12.8. The molecule has 2 unspecified atom stereocenters. The zero-order valence-corrected chi connectivity index (χ0v) is 10.3. The summed E-state index contributed by atoms with van der Waals surface area (Å²) in [5.41, 5.74) is 0. The number of alkyl halides is 3. The first-order chi connectivity index (χ1) is 7.76. The topological polar surface area (TPSA) is 32.3 Å². The molecule has 6 heteroatoms. The van der Waals surface area contributed by atoms with Gasteiger partial charge in [0.05, 0.1) is 12.2 Å². The average Bonchev–Trinajstić information content (AvgIpc) is 2.44. The molecular formula is C11H19F3N2O. The average molecular weight is 252 g/mol. The molecule has 0 spiro atoms. The Bertz CT molecular complexity index is 278. The summed E-state index contributed by atoms with van der Waals surface area (Å²) in [5.74, 6) is -0.434. The first-order valence-corrected chi connectivity index (χ1v) is 5.89. The normalized spacial score (nSPS) is 26.1. The van der Waals surface area contributed by atoms with Gasteiger partial charge < -0.3 is 4.90 Å². The molecular weight excluding hydrogens is 233 g/mol. The van der Waals surface area contributed by atoms with Crippen LogP contribution in [0.4, 0.5) is 13.2 Å². The van der Waals surface area contributed by atoms with Gasteiger partial charge in [-0.1, -0.05) is 27.2 Å². The van der Waals surface area contributed by atoms with Crippen LogP contribution in [0.5, 0.6) is 0 Å². The van der Waals surface area contributed by atoms with E-state index in [-0.39, 0.29) is 5.92 Å². The number of nitrogens with one attached hydrogen (secondary N) is 1. The summed E-state index contributed by atoms with van der Waals surface area (Å²) in [6.07, 6.45) is -3.54. The number of nitrogens with zero attached hydrogens (tertiary/aromatic N) is 1. The minimum atomic E-state index is -4.34. The summed E-state index contributed by atoms with van der Waals surface area (Å²) < 4.78 is 37.2. The van der Waals surface area contributed by atoms with E-state index >= 15 is 0 Å². The molecule has 0 radical (unpaired) electrons. The van der Waals surface area contributed by atoms with Crippen molar-refractivity contribution in [2.24, 2.45) is 5.92 Å². The van der Waals surface area contributed by atoms with Gasteiger partial charge in [0, 0.05) is 0 Å². The lowest BCUT2D eigenvalue weighted by Gasteiger charge is -2.24. The van der Waals surface area contributed by atoms with Gasteiger partial charge in [-0.2, -0.15) is 13.2 Å². The van der Waals surface area contributed by atoms with Crippen LogP contribution in [0.15, 0.2) is 0 Å². The second kappa shape index (κ2) is 5.25. The van der Waals surface area contributed by atoms with E-state index < -0.39 is 30.8 Å². The Morgan fingerprint density at radius 3 is 2.41 bits per heavy atom. The van der Waals surface area contributed by atoms with E-state index in [9.17, 15) is 18.0 Å². The number of amides is 1. The van der Waals surface area contributed by atoms with Gasteiger partial charge >= 0.3 is 6.18 Å². The van der Waals surface area contributed by atoms with Crippen molar-refractivity contribution >= 4 is 5.91 Å². The first kappa shape index (κ1) is 14.3. The van der Waals surface area contributed by atoms with E-state index in [1.165, 1.54) is 0 Å². The van der Waals surface area contributed by atoms with Crippen LogP contribution in [-0.2, 0) is 4.79 Å². The van der Waals surface area contributed by atoms with Crippen molar-refractivity contribution in [1.82, 2.24) is 10.2 Å². The molecule has 1 amide bonds. The van der Waals surface area contributed by atoms with Crippen molar-refractivity contribution in [3.8, 4) is 0 Å². The van der Waals surface area contributed by atoms with E-state index in [1.807, 2.05) is 20.8 Å². The largest absolute Gasteiger partial charge is 0.406 e. The van der Waals surface area contributed by atoms with E-state index in [1.54, 1.807) is 0 Å². The van der Waals surface area contributed by atoms with Crippen LogP contribution in [0.2, 0.25) is 0 Å². The zero-order valence-electron chi connectivity index (χ0n) is 10.3. The Morgan fingerprint density at radius 1 is 1.41 bits per heavy atom. The van der Waals surface area contributed by atoms with E-state index in [4.69, 9.17) is 0 Å². The van der Waals surface area contributed by atoms with E-state index in [2.05, 4.69) is 5.32 Å². The predicted molar refractivity (Wildman–Crippen MR) is 58.2 cm³/mol. The lowest BCUT2D eigenvalue weighted by molar-refractivity contribution is -0.161. The molecule has 0 aliphatic carbocycles. The summed E-state index contributed by atoms with van der Waals surface area (Å²) in [6.45, 7) is 4.39. The molecule has 1 N–H and O–H groups in total. The van der Waals surface area contributed by atoms with Crippen molar-refractivity contribution in [3.63, 3.8) is 0 Å². The molecule has 3 nitrogen and oxygen atoms in total. The highest BCUT2D eigenvalue weighted by atomic mass is 19.4. The Morgan fingerprint density at radius 2 is 2.00 bits per heavy atom.